The molecule has 0 aliphatic carbocycles. The quantitative estimate of drug-likeness (QED) is 0.188. The summed E-state index contributed by atoms with van der Waals surface area (Å²) < 4.78 is 12.4. The largest absolute Gasteiger partial charge is 0.456 e. The Hall–Kier alpha value is -6.78. The zero-order valence-corrected chi connectivity index (χ0v) is 26.9. The number of fused-ring (bicyclic) bond motifs is 6. The molecule has 0 aliphatic rings. The van der Waals surface area contributed by atoms with Crippen LogP contribution in [0.2, 0.25) is 0 Å². The highest BCUT2D eigenvalue weighted by atomic mass is 16.3. The monoisotopic (exact) mass is 640 g/mol. The summed E-state index contributed by atoms with van der Waals surface area (Å²) in [4.78, 5) is 10.3. The van der Waals surface area contributed by atoms with E-state index in [0.29, 0.717) is 5.82 Å². The Bertz CT molecular complexity index is 2810. The van der Waals surface area contributed by atoms with Crippen molar-refractivity contribution in [3.8, 4) is 56.2 Å². The fourth-order valence-electron chi connectivity index (χ4n) is 7.04. The highest BCUT2D eigenvalue weighted by molar-refractivity contribution is 6.08. The van der Waals surface area contributed by atoms with Crippen LogP contribution in [-0.2, 0) is 0 Å². The average molecular weight is 641 g/mol. The second-order valence-electron chi connectivity index (χ2n) is 12.6. The van der Waals surface area contributed by atoms with Crippen molar-refractivity contribution in [1.82, 2.24) is 9.97 Å². The number of nitrogens with zero attached hydrogens (tertiary/aromatic N) is 2. The number of benzene rings is 7. The van der Waals surface area contributed by atoms with Crippen molar-refractivity contribution in [2.24, 2.45) is 0 Å². The summed E-state index contributed by atoms with van der Waals surface area (Å²) in [5, 5.41) is 4.39. The molecule has 234 valence electrons. The molecule has 0 unspecified atom stereocenters. The van der Waals surface area contributed by atoms with E-state index in [4.69, 9.17) is 18.8 Å². The second kappa shape index (κ2) is 11.4. The van der Waals surface area contributed by atoms with Crippen LogP contribution < -0.4 is 0 Å². The molecule has 3 heterocycles. The first-order valence-electron chi connectivity index (χ1n) is 16.7. The molecular weight excluding hydrogens is 613 g/mol. The van der Waals surface area contributed by atoms with Gasteiger partial charge in [0, 0.05) is 38.2 Å². The number of hydrogen-bond donors (Lipinski definition) is 0. The Kier molecular flexibility index (Phi) is 6.46. The van der Waals surface area contributed by atoms with Crippen LogP contribution in [0.25, 0.3) is 100 Å². The highest BCUT2D eigenvalue weighted by Crippen LogP contribution is 2.41. The SMILES string of the molecule is c1ccc(-c2cc(-c3ccc(-c4ccc5oc6ccccc6c5c4)cc3-c3ccc4oc5ccccc5c4c3)nc(-c3ccccc3)n2)cc1. The third-order valence-electron chi connectivity index (χ3n) is 9.52. The molecule has 0 saturated heterocycles. The van der Waals surface area contributed by atoms with E-state index in [1.54, 1.807) is 0 Å². The van der Waals surface area contributed by atoms with Crippen LogP contribution in [0.4, 0.5) is 0 Å². The Balaban J connectivity index is 1.22. The first-order chi connectivity index (χ1) is 24.7. The smallest absolute Gasteiger partial charge is 0.160 e. The molecule has 10 aromatic rings. The van der Waals surface area contributed by atoms with E-state index >= 15 is 0 Å². The molecule has 4 nitrogen and oxygen atoms in total. The van der Waals surface area contributed by atoms with Crippen molar-refractivity contribution >= 4 is 43.9 Å². The van der Waals surface area contributed by atoms with Gasteiger partial charge in [-0.2, -0.15) is 0 Å². The van der Waals surface area contributed by atoms with Gasteiger partial charge in [-0.05, 0) is 70.8 Å². The predicted molar refractivity (Wildman–Crippen MR) is 204 cm³/mol. The van der Waals surface area contributed by atoms with Crippen molar-refractivity contribution in [3.63, 3.8) is 0 Å². The lowest BCUT2D eigenvalue weighted by Gasteiger charge is -2.15. The Morgan fingerprint density at radius 1 is 0.300 bits per heavy atom. The third kappa shape index (κ3) is 4.77. The minimum absolute atomic E-state index is 0.686. The van der Waals surface area contributed by atoms with Gasteiger partial charge in [0.25, 0.3) is 0 Å². The summed E-state index contributed by atoms with van der Waals surface area (Å²) in [5.41, 5.74) is 12.7. The second-order valence-corrected chi connectivity index (χ2v) is 12.6. The molecule has 0 spiro atoms. The van der Waals surface area contributed by atoms with E-state index in [2.05, 4.69) is 109 Å². The molecule has 4 heteroatoms. The van der Waals surface area contributed by atoms with Crippen LogP contribution in [0.1, 0.15) is 0 Å². The molecule has 0 saturated carbocycles. The molecule has 10 rings (SSSR count). The lowest BCUT2D eigenvalue weighted by atomic mass is 9.91. The fraction of sp³-hybridized carbons (Fsp3) is 0. The first-order valence-corrected chi connectivity index (χ1v) is 16.7. The molecule has 0 radical (unpaired) electrons. The molecule has 7 aromatic carbocycles. The lowest BCUT2D eigenvalue weighted by Crippen LogP contribution is -1.97. The van der Waals surface area contributed by atoms with Gasteiger partial charge in [-0.3, -0.25) is 0 Å². The van der Waals surface area contributed by atoms with Crippen LogP contribution in [0, 0.1) is 0 Å². The average Bonchev–Trinajstić information content (AvgIpc) is 3.76. The molecule has 0 atom stereocenters. The molecule has 3 aromatic heterocycles. The molecule has 0 fully saturated rings. The Morgan fingerprint density at radius 2 is 0.800 bits per heavy atom. The van der Waals surface area contributed by atoms with Crippen LogP contribution >= 0.6 is 0 Å². The van der Waals surface area contributed by atoms with Crippen molar-refractivity contribution < 1.29 is 8.83 Å². The predicted octanol–water partition coefficient (Wildman–Crippen LogP) is 12.6. The summed E-state index contributed by atoms with van der Waals surface area (Å²) in [5.74, 6) is 0.686. The molecular formula is C46H28N2O2. The van der Waals surface area contributed by atoms with E-state index < -0.39 is 0 Å². The lowest BCUT2D eigenvalue weighted by molar-refractivity contribution is 0.668. The normalized spacial score (nSPS) is 11.6. The number of rotatable bonds is 5. The van der Waals surface area contributed by atoms with Crippen LogP contribution in [0.15, 0.2) is 179 Å². The van der Waals surface area contributed by atoms with E-state index in [1.165, 1.54) is 0 Å². The van der Waals surface area contributed by atoms with Crippen LogP contribution in [0.3, 0.4) is 0 Å². The van der Waals surface area contributed by atoms with E-state index in [-0.39, 0.29) is 0 Å². The molecule has 0 aliphatic heterocycles. The standard InChI is InChI=1S/C46H28N2O2/c1-3-11-29(12-4-1)40-28-41(48-46(47-40)30-13-5-2-6-14-30)34-22-19-31(32-20-23-44-38(26-32)35-15-7-9-17-42(35)49-44)25-37(34)33-21-24-45-39(27-33)36-16-8-10-18-43(36)50-45/h1-28H. The maximum Gasteiger partial charge on any atom is 0.160 e. The van der Waals surface area contributed by atoms with Crippen LogP contribution in [-0.4, -0.2) is 9.97 Å². The minimum Gasteiger partial charge on any atom is -0.456 e. The van der Waals surface area contributed by atoms with Gasteiger partial charge < -0.3 is 8.83 Å². The summed E-state index contributed by atoms with van der Waals surface area (Å²) >= 11 is 0. The molecule has 50 heavy (non-hydrogen) atoms. The van der Waals surface area contributed by atoms with Gasteiger partial charge in [-0.25, -0.2) is 9.97 Å². The van der Waals surface area contributed by atoms with Crippen molar-refractivity contribution in [2.75, 3.05) is 0 Å². The van der Waals surface area contributed by atoms with E-state index in [9.17, 15) is 0 Å². The van der Waals surface area contributed by atoms with Gasteiger partial charge in [0.2, 0.25) is 0 Å². The van der Waals surface area contributed by atoms with Gasteiger partial charge in [0.1, 0.15) is 22.3 Å². The maximum atomic E-state index is 6.22. The van der Waals surface area contributed by atoms with Gasteiger partial charge in [-0.15, -0.1) is 0 Å². The van der Waals surface area contributed by atoms with Crippen molar-refractivity contribution in [1.29, 1.82) is 0 Å². The number of aromatic nitrogens is 2. The first kappa shape index (κ1) is 28.3. The summed E-state index contributed by atoms with van der Waals surface area (Å²) in [7, 11) is 0. The zero-order chi connectivity index (χ0) is 33.0. The van der Waals surface area contributed by atoms with E-state index in [1.807, 2.05) is 60.7 Å². The Morgan fingerprint density at radius 3 is 1.48 bits per heavy atom. The molecule has 0 N–H and O–H groups in total. The summed E-state index contributed by atoms with van der Waals surface area (Å²) in [6.45, 7) is 0. The van der Waals surface area contributed by atoms with Crippen molar-refractivity contribution in [2.45, 2.75) is 0 Å². The third-order valence-corrected chi connectivity index (χ3v) is 9.52. The topological polar surface area (TPSA) is 52.1 Å². The summed E-state index contributed by atoms with van der Waals surface area (Å²) in [6, 6.07) is 58.6. The van der Waals surface area contributed by atoms with Crippen LogP contribution in [0.5, 0.6) is 0 Å². The Labute approximate surface area is 287 Å². The van der Waals surface area contributed by atoms with Gasteiger partial charge in [0.05, 0.1) is 11.4 Å². The summed E-state index contributed by atoms with van der Waals surface area (Å²) in [6.07, 6.45) is 0. The highest BCUT2D eigenvalue weighted by Gasteiger charge is 2.18. The number of hydrogen-bond acceptors (Lipinski definition) is 4. The zero-order valence-electron chi connectivity index (χ0n) is 26.9. The van der Waals surface area contributed by atoms with Crippen molar-refractivity contribution in [3.05, 3.63) is 170 Å². The fourth-order valence-corrected chi connectivity index (χ4v) is 7.04. The van der Waals surface area contributed by atoms with E-state index in [0.717, 1.165) is 94.2 Å². The maximum absolute atomic E-state index is 6.22. The number of para-hydroxylation sites is 2. The molecule has 0 bridgehead atoms. The van der Waals surface area contributed by atoms with Gasteiger partial charge in [-0.1, -0.05) is 121 Å². The molecule has 0 amide bonds. The van der Waals surface area contributed by atoms with Gasteiger partial charge in [0.15, 0.2) is 5.82 Å². The number of furan rings is 2. The minimum atomic E-state index is 0.686. The van der Waals surface area contributed by atoms with Gasteiger partial charge >= 0.3 is 0 Å².